The number of hydrogen-bond donors (Lipinski definition) is 0. The molecule has 1 nitrogen and oxygen atoms in total. The van der Waals surface area contributed by atoms with E-state index in [2.05, 4.69) is 33.0 Å². The Labute approximate surface area is 109 Å². The van der Waals surface area contributed by atoms with Crippen molar-refractivity contribution in [2.75, 3.05) is 11.9 Å². The summed E-state index contributed by atoms with van der Waals surface area (Å²) in [5.41, 5.74) is 2.23. The Balaban J connectivity index is 2.08. The Bertz CT molecular complexity index is 479. The van der Waals surface area contributed by atoms with Crippen molar-refractivity contribution in [1.82, 2.24) is 0 Å². The van der Waals surface area contributed by atoms with Gasteiger partial charge in [-0.3, -0.25) is 0 Å². The number of anilines is 1. The van der Waals surface area contributed by atoms with Crippen LogP contribution in [-0.4, -0.2) is 7.05 Å². The van der Waals surface area contributed by atoms with Gasteiger partial charge in [-0.15, -0.1) is 0 Å². The maximum atomic E-state index is 12.8. The van der Waals surface area contributed by atoms with Crippen molar-refractivity contribution < 1.29 is 4.39 Å². The molecule has 0 saturated heterocycles. The van der Waals surface area contributed by atoms with Gasteiger partial charge in [0.25, 0.3) is 0 Å². The van der Waals surface area contributed by atoms with Crippen LogP contribution >= 0.6 is 15.9 Å². The van der Waals surface area contributed by atoms with Gasteiger partial charge >= 0.3 is 0 Å². The lowest BCUT2D eigenvalue weighted by Gasteiger charge is -2.19. The second-order valence-corrected chi connectivity index (χ2v) is 4.87. The van der Waals surface area contributed by atoms with E-state index < -0.39 is 0 Å². The molecule has 88 valence electrons. The smallest absolute Gasteiger partial charge is 0.123 e. The first-order valence-corrected chi connectivity index (χ1v) is 6.15. The van der Waals surface area contributed by atoms with Gasteiger partial charge in [0, 0.05) is 23.8 Å². The monoisotopic (exact) mass is 293 g/mol. The molecule has 3 heteroatoms. The molecule has 0 saturated carbocycles. The van der Waals surface area contributed by atoms with Crippen molar-refractivity contribution >= 4 is 21.6 Å². The minimum Gasteiger partial charge on any atom is -0.370 e. The molecule has 0 bridgehead atoms. The molecule has 0 unspecified atom stereocenters. The standard InChI is InChI=1S/C14H13BrFN/c1-17(14-8-6-13(16)7-9-14)10-11-2-4-12(15)5-3-11/h2-9H,10H2,1H3. The molecule has 0 aromatic heterocycles. The van der Waals surface area contributed by atoms with Gasteiger partial charge in [0.15, 0.2) is 0 Å². The van der Waals surface area contributed by atoms with E-state index in [9.17, 15) is 4.39 Å². The van der Waals surface area contributed by atoms with E-state index in [-0.39, 0.29) is 5.82 Å². The molecular weight excluding hydrogens is 281 g/mol. The largest absolute Gasteiger partial charge is 0.370 e. The van der Waals surface area contributed by atoms with Crippen molar-refractivity contribution in [3.63, 3.8) is 0 Å². The van der Waals surface area contributed by atoms with Crippen molar-refractivity contribution in [3.05, 3.63) is 64.4 Å². The predicted octanol–water partition coefficient (Wildman–Crippen LogP) is 4.22. The van der Waals surface area contributed by atoms with Crippen LogP contribution in [0.3, 0.4) is 0 Å². The van der Waals surface area contributed by atoms with E-state index in [0.717, 1.165) is 16.7 Å². The fraction of sp³-hybridized carbons (Fsp3) is 0.143. The van der Waals surface area contributed by atoms with E-state index >= 15 is 0 Å². The fourth-order valence-electron chi connectivity index (χ4n) is 1.65. The third-order valence-electron chi connectivity index (χ3n) is 2.60. The molecule has 2 aromatic carbocycles. The van der Waals surface area contributed by atoms with Crippen LogP contribution in [0.15, 0.2) is 53.0 Å². The normalized spacial score (nSPS) is 10.3. The summed E-state index contributed by atoms with van der Waals surface area (Å²) in [6.07, 6.45) is 0. The fourth-order valence-corrected chi connectivity index (χ4v) is 1.91. The van der Waals surface area contributed by atoms with Crippen LogP contribution in [0.25, 0.3) is 0 Å². The summed E-state index contributed by atoms with van der Waals surface area (Å²) in [7, 11) is 2.00. The second kappa shape index (κ2) is 5.32. The Morgan fingerprint density at radius 1 is 1.00 bits per heavy atom. The van der Waals surface area contributed by atoms with E-state index in [1.54, 1.807) is 12.1 Å². The topological polar surface area (TPSA) is 3.24 Å². The van der Waals surface area contributed by atoms with Gasteiger partial charge in [-0.05, 0) is 42.0 Å². The summed E-state index contributed by atoms with van der Waals surface area (Å²) in [4.78, 5) is 2.09. The van der Waals surface area contributed by atoms with Crippen LogP contribution < -0.4 is 4.90 Å². The van der Waals surface area contributed by atoms with Gasteiger partial charge < -0.3 is 4.90 Å². The third-order valence-corrected chi connectivity index (χ3v) is 3.13. The van der Waals surface area contributed by atoms with Gasteiger partial charge in [0.05, 0.1) is 0 Å². The zero-order valence-electron chi connectivity index (χ0n) is 9.53. The molecule has 0 aliphatic heterocycles. The molecule has 17 heavy (non-hydrogen) atoms. The molecule has 0 aliphatic carbocycles. The van der Waals surface area contributed by atoms with Gasteiger partial charge in [0.1, 0.15) is 5.82 Å². The predicted molar refractivity (Wildman–Crippen MR) is 72.6 cm³/mol. The van der Waals surface area contributed by atoms with Crippen LogP contribution in [0.4, 0.5) is 10.1 Å². The molecule has 0 heterocycles. The van der Waals surface area contributed by atoms with Crippen molar-refractivity contribution in [2.45, 2.75) is 6.54 Å². The number of benzene rings is 2. The summed E-state index contributed by atoms with van der Waals surface area (Å²) in [5.74, 6) is -0.203. The SMILES string of the molecule is CN(Cc1ccc(Br)cc1)c1ccc(F)cc1. The maximum absolute atomic E-state index is 12.8. The molecule has 0 aliphatic rings. The van der Waals surface area contributed by atoms with Crippen LogP contribution in [0.2, 0.25) is 0 Å². The summed E-state index contributed by atoms with van der Waals surface area (Å²) in [6.45, 7) is 0.804. The first-order valence-electron chi connectivity index (χ1n) is 5.36. The van der Waals surface area contributed by atoms with Crippen LogP contribution in [0.1, 0.15) is 5.56 Å². The zero-order chi connectivity index (χ0) is 12.3. The minimum absolute atomic E-state index is 0.203. The van der Waals surface area contributed by atoms with Gasteiger partial charge in [-0.2, -0.15) is 0 Å². The third kappa shape index (κ3) is 3.30. The molecule has 0 atom stereocenters. The van der Waals surface area contributed by atoms with Crippen LogP contribution in [0, 0.1) is 5.82 Å². The molecule has 0 N–H and O–H groups in total. The van der Waals surface area contributed by atoms with E-state index in [4.69, 9.17) is 0 Å². The highest BCUT2D eigenvalue weighted by Gasteiger charge is 2.02. The Morgan fingerprint density at radius 2 is 1.59 bits per heavy atom. The van der Waals surface area contributed by atoms with Gasteiger partial charge in [-0.25, -0.2) is 4.39 Å². The number of rotatable bonds is 3. The molecule has 2 rings (SSSR count). The van der Waals surface area contributed by atoms with E-state index in [1.807, 2.05) is 19.2 Å². The van der Waals surface area contributed by atoms with Crippen LogP contribution in [-0.2, 0) is 6.54 Å². The summed E-state index contributed by atoms with van der Waals surface area (Å²) < 4.78 is 13.9. The molecule has 0 amide bonds. The average Bonchev–Trinajstić information content (AvgIpc) is 2.33. The number of halogens is 2. The lowest BCUT2D eigenvalue weighted by Crippen LogP contribution is -2.16. The van der Waals surface area contributed by atoms with Crippen molar-refractivity contribution in [2.24, 2.45) is 0 Å². The van der Waals surface area contributed by atoms with Gasteiger partial charge in [0.2, 0.25) is 0 Å². The Hall–Kier alpha value is -1.35. The van der Waals surface area contributed by atoms with Crippen molar-refractivity contribution in [1.29, 1.82) is 0 Å². The molecule has 0 spiro atoms. The van der Waals surface area contributed by atoms with Crippen LogP contribution in [0.5, 0.6) is 0 Å². The average molecular weight is 294 g/mol. The highest BCUT2D eigenvalue weighted by atomic mass is 79.9. The first kappa shape index (κ1) is 12.1. The van der Waals surface area contributed by atoms with E-state index in [1.165, 1.54) is 17.7 Å². The highest BCUT2D eigenvalue weighted by molar-refractivity contribution is 9.10. The molecule has 0 fully saturated rings. The summed E-state index contributed by atoms with van der Waals surface area (Å²) in [6, 6.07) is 14.7. The Kier molecular flexibility index (Phi) is 3.79. The summed E-state index contributed by atoms with van der Waals surface area (Å²) in [5, 5.41) is 0. The highest BCUT2D eigenvalue weighted by Crippen LogP contribution is 2.17. The molecule has 0 radical (unpaired) electrons. The van der Waals surface area contributed by atoms with E-state index in [0.29, 0.717) is 0 Å². The zero-order valence-corrected chi connectivity index (χ0v) is 11.1. The molecular formula is C14H13BrFN. The Morgan fingerprint density at radius 3 is 2.18 bits per heavy atom. The van der Waals surface area contributed by atoms with Gasteiger partial charge in [-0.1, -0.05) is 28.1 Å². The van der Waals surface area contributed by atoms with Crippen molar-refractivity contribution in [3.8, 4) is 0 Å². The lowest BCUT2D eigenvalue weighted by molar-refractivity contribution is 0.627. The summed E-state index contributed by atoms with van der Waals surface area (Å²) >= 11 is 3.41. The number of nitrogens with zero attached hydrogens (tertiary/aromatic N) is 1. The number of hydrogen-bond acceptors (Lipinski definition) is 1. The first-order chi connectivity index (χ1) is 8.15. The quantitative estimate of drug-likeness (QED) is 0.819. The second-order valence-electron chi connectivity index (χ2n) is 3.96. The molecule has 2 aromatic rings. The maximum Gasteiger partial charge on any atom is 0.123 e. The lowest BCUT2D eigenvalue weighted by atomic mass is 10.2. The minimum atomic E-state index is -0.203.